The second-order valence-electron chi connectivity index (χ2n) is 5.61. The first-order valence-electron chi connectivity index (χ1n) is 6.61. The van der Waals surface area contributed by atoms with Crippen molar-refractivity contribution in [3.63, 3.8) is 0 Å². The Kier molecular flexibility index (Phi) is 4.01. The van der Waals surface area contributed by atoms with Crippen LogP contribution in [0.5, 0.6) is 0 Å². The molecule has 2 rings (SSSR count). The first-order chi connectivity index (χ1) is 8.56. The number of nitrogens with one attached hydrogen (secondary N) is 1. The third-order valence-corrected chi connectivity index (χ3v) is 3.31. The van der Waals surface area contributed by atoms with E-state index in [0.717, 1.165) is 25.9 Å². The van der Waals surface area contributed by atoms with Gasteiger partial charge in [0.15, 0.2) is 5.82 Å². The number of nitrogens with two attached hydrogens (primary N) is 1. The molecule has 1 aromatic heterocycles. The van der Waals surface area contributed by atoms with Gasteiger partial charge in [-0.1, -0.05) is 13.8 Å². The van der Waals surface area contributed by atoms with Gasteiger partial charge in [-0.15, -0.1) is 0 Å². The summed E-state index contributed by atoms with van der Waals surface area (Å²) in [6.45, 7) is 5.71. The summed E-state index contributed by atoms with van der Waals surface area (Å²) < 4.78 is 1.71. The standard InChI is InChI=1S/C13H22N4O/c1-9(2)8-17-4-3-15-12(13(17)18)16-7-10-5-11(14)6-10/h3-4,9-11H,5-8,14H2,1-2H3,(H,15,16). The van der Waals surface area contributed by atoms with Crippen LogP contribution in [0.2, 0.25) is 0 Å². The molecule has 0 aliphatic heterocycles. The first kappa shape index (κ1) is 13.1. The molecule has 100 valence electrons. The normalized spacial score (nSPS) is 22.9. The molecule has 0 saturated heterocycles. The lowest BCUT2D eigenvalue weighted by atomic mass is 9.81. The van der Waals surface area contributed by atoms with E-state index >= 15 is 0 Å². The van der Waals surface area contributed by atoms with Crippen LogP contribution in [0.3, 0.4) is 0 Å². The highest BCUT2D eigenvalue weighted by Gasteiger charge is 2.25. The zero-order valence-corrected chi connectivity index (χ0v) is 11.1. The van der Waals surface area contributed by atoms with E-state index in [1.165, 1.54) is 0 Å². The highest BCUT2D eigenvalue weighted by molar-refractivity contribution is 5.30. The molecule has 0 spiro atoms. The SMILES string of the molecule is CC(C)Cn1ccnc(NCC2CC(N)C2)c1=O. The van der Waals surface area contributed by atoms with Crippen LogP contribution in [0.15, 0.2) is 17.2 Å². The fraction of sp³-hybridized carbons (Fsp3) is 0.692. The van der Waals surface area contributed by atoms with E-state index in [0.29, 0.717) is 23.7 Å². The van der Waals surface area contributed by atoms with E-state index in [2.05, 4.69) is 24.1 Å². The molecule has 1 fully saturated rings. The molecule has 5 heteroatoms. The predicted molar refractivity (Wildman–Crippen MR) is 72.5 cm³/mol. The topological polar surface area (TPSA) is 72.9 Å². The third kappa shape index (κ3) is 3.10. The minimum atomic E-state index is -0.0326. The average Bonchev–Trinajstić information content (AvgIpc) is 2.26. The number of aromatic nitrogens is 2. The molecule has 18 heavy (non-hydrogen) atoms. The maximum atomic E-state index is 12.1. The molecule has 1 aliphatic carbocycles. The number of rotatable bonds is 5. The van der Waals surface area contributed by atoms with E-state index < -0.39 is 0 Å². The molecule has 1 heterocycles. The van der Waals surface area contributed by atoms with Gasteiger partial charge in [0.1, 0.15) is 0 Å². The van der Waals surface area contributed by atoms with E-state index in [1.807, 2.05) is 0 Å². The molecular formula is C13H22N4O. The average molecular weight is 250 g/mol. The highest BCUT2D eigenvalue weighted by Crippen LogP contribution is 2.25. The molecule has 1 aliphatic rings. The van der Waals surface area contributed by atoms with Gasteiger partial charge in [-0.05, 0) is 24.7 Å². The van der Waals surface area contributed by atoms with Crippen LogP contribution < -0.4 is 16.6 Å². The Morgan fingerprint density at radius 2 is 2.28 bits per heavy atom. The fourth-order valence-electron chi connectivity index (χ4n) is 2.30. The highest BCUT2D eigenvalue weighted by atomic mass is 16.1. The second-order valence-corrected chi connectivity index (χ2v) is 5.61. The molecular weight excluding hydrogens is 228 g/mol. The van der Waals surface area contributed by atoms with Crippen molar-refractivity contribution in [2.75, 3.05) is 11.9 Å². The Labute approximate surface area is 107 Å². The Morgan fingerprint density at radius 1 is 1.56 bits per heavy atom. The Balaban J connectivity index is 1.97. The summed E-state index contributed by atoms with van der Waals surface area (Å²) in [7, 11) is 0. The van der Waals surface area contributed by atoms with Crippen LogP contribution in [0.1, 0.15) is 26.7 Å². The van der Waals surface area contributed by atoms with Crippen LogP contribution in [0.25, 0.3) is 0 Å². The molecule has 5 nitrogen and oxygen atoms in total. The Hall–Kier alpha value is -1.36. The van der Waals surface area contributed by atoms with Crippen molar-refractivity contribution in [2.45, 2.75) is 39.3 Å². The van der Waals surface area contributed by atoms with Crippen molar-refractivity contribution in [2.24, 2.45) is 17.6 Å². The summed E-state index contributed by atoms with van der Waals surface area (Å²) in [5, 5.41) is 3.15. The van der Waals surface area contributed by atoms with Crippen LogP contribution in [-0.4, -0.2) is 22.1 Å². The molecule has 1 aromatic rings. The monoisotopic (exact) mass is 250 g/mol. The lowest BCUT2D eigenvalue weighted by molar-refractivity contribution is 0.280. The van der Waals surface area contributed by atoms with Gasteiger partial charge in [-0.25, -0.2) is 4.98 Å². The number of hydrogen-bond donors (Lipinski definition) is 2. The van der Waals surface area contributed by atoms with E-state index in [-0.39, 0.29) is 5.56 Å². The molecule has 1 saturated carbocycles. The van der Waals surface area contributed by atoms with E-state index in [4.69, 9.17) is 5.73 Å². The van der Waals surface area contributed by atoms with Gasteiger partial charge in [-0.3, -0.25) is 4.79 Å². The van der Waals surface area contributed by atoms with Crippen molar-refractivity contribution in [3.05, 3.63) is 22.7 Å². The van der Waals surface area contributed by atoms with Gasteiger partial charge in [0.25, 0.3) is 5.56 Å². The Morgan fingerprint density at radius 3 is 2.89 bits per heavy atom. The molecule has 0 atom stereocenters. The number of nitrogens with zero attached hydrogens (tertiary/aromatic N) is 2. The number of hydrogen-bond acceptors (Lipinski definition) is 4. The van der Waals surface area contributed by atoms with Gasteiger partial charge >= 0.3 is 0 Å². The predicted octanol–water partition coefficient (Wildman–Crippen LogP) is 1.05. The summed E-state index contributed by atoms with van der Waals surface area (Å²) in [5.41, 5.74) is 5.70. The van der Waals surface area contributed by atoms with Crippen molar-refractivity contribution >= 4 is 5.82 Å². The summed E-state index contributed by atoms with van der Waals surface area (Å²) in [5.74, 6) is 1.49. The van der Waals surface area contributed by atoms with Crippen molar-refractivity contribution in [1.29, 1.82) is 0 Å². The van der Waals surface area contributed by atoms with Gasteiger partial charge in [0.05, 0.1) is 0 Å². The van der Waals surface area contributed by atoms with E-state index in [9.17, 15) is 4.79 Å². The zero-order chi connectivity index (χ0) is 13.1. The van der Waals surface area contributed by atoms with Gasteiger partial charge in [0, 0.05) is 31.5 Å². The third-order valence-electron chi connectivity index (χ3n) is 3.31. The molecule has 0 amide bonds. The van der Waals surface area contributed by atoms with Gasteiger partial charge < -0.3 is 15.6 Å². The maximum Gasteiger partial charge on any atom is 0.293 e. The summed E-state index contributed by atoms with van der Waals surface area (Å²) in [4.78, 5) is 16.2. The molecule has 0 unspecified atom stereocenters. The van der Waals surface area contributed by atoms with Gasteiger partial charge in [0.2, 0.25) is 0 Å². The molecule has 0 aromatic carbocycles. The smallest absolute Gasteiger partial charge is 0.293 e. The van der Waals surface area contributed by atoms with Gasteiger partial charge in [-0.2, -0.15) is 0 Å². The maximum absolute atomic E-state index is 12.1. The van der Waals surface area contributed by atoms with Crippen LogP contribution >= 0.6 is 0 Å². The summed E-state index contributed by atoms with van der Waals surface area (Å²) in [6.07, 6.45) is 5.51. The summed E-state index contributed by atoms with van der Waals surface area (Å²) in [6, 6.07) is 0.345. The zero-order valence-electron chi connectivity index (χ0n) is 11.1. The minimum absolute atomic E-state index is 0.0326. The first-order valence-corrected chi connectivity index (χ1v) is 6.61. The van der Waals surface area contributed by atoms with Crippen LogP contribution in [-0.2, 0) is 6.54 Å². The molecule has 3 N–H and O–H groups in total. The number of anilines is 1. The summed E-state index contributed by atoms with van der Waals surface area (Å²) >= 11 is 0. The van der Waals surface area contributed by atoms with Crippen LogP contribution in [0, 0.1) is 11.8 Å². The lowest BCUT2D eigenvalue weighted by Gasteiger charge is -2.32. The second kappa shape index (κ2) is 5.52. The van der Waals surface area contributed by atoms with Crippen molar-refractivity contribution in [1.82, 2.24) is 9.55 Å². The van der Waals surface area contributed by atoms with Crippen LogP contribution in [0.4, 0.5) is 5.82 Å². The molecule has 0 radical (unpaired) electrons. The van der Waals surface area contributed by atoms with E-state index in [1.54, 1.807) is 17.0 Å². The quantitative estimate of drug-likeness (QED) is 0.819. The molecule has 0 bridgehead atoms. The van der Waals surface area contributed by atoms with Crippen molar-refractivity contribution in [3.8, 4) is 0 Å². The van der Waals surface area contributed by atoms with Crippen molar-refractivity contribution < 1.29 is 0 Å². The fourth-order valence-corrected chi connectivity index (χ4v) is 2.30. The largest absolute Gasteiger partial charge is 0.365 e. The lowest BCUT2D eigenvalue weighted by Crippen LogP contribution is -2.40. The minimum Gasteiger partial charge on any atom is -0.365 e. The Bertz CT molecular complexity index is 449.